The molecule has 5 nitrogen and oxygen atoms in total. The van der Waals surface area contributed by atoms with Gasteiger partial charge in [-0.2, -0.15) is 4.37 Å². The van der Waals surface area contributed by atoms with Crippen LogP contribution in [0.4, 0.5) is 0 Å². The van der Waals surface area contributed by atoms with Crippen LogP contribution in [0.2, 0.25) is 0 Å². The van der Waals surface area contributed by atoms with Gasteiger partial charge in [0.1, 0.15) is 5.75 Å². The van der Waals surface area contributed by atoms with Crippen LogP contribution in [-0.2, 0) is 18.3 Å². The molecule has 0 amide bonds. The van der Waals surface area contributed by atoms with Gasteiger partial charge < -0.3 is 15.1 Å². The van der Waals surface area contributed by atoms with Crippen molar-refractivity contribution in [2.75, 3.05) is 32.7 Å². The quantitative estimate of drug-likeness (QED) is 0.749. The lowest BCUT2D eigenvalue weighted by molar-refractivity contribution is -0.149. The highest BCUT2D eigenvalue weighted by Gasteiger charge is 2.63. The first kappa shape index (κ1) is 20.2. The zero-order valence-corrected chi connectivity index (χ0v) is 19.0. The summed E-state index contributed by atoms with van der Waals surface area (Å²) in [7, 11) is 0. The minimum Gasteiger partial charge on any atom is -0.508 e. The van der Waals surface area contributed by atoms with Crippen LogP contribution in [-0.4, -0.2) is 68.8 Å². The lowest BCUT2D eigenvalue weighted by Crippen LogP contribution is -2.71. The van der Waals surface area contributed by atoms with E-state index in [0.29, 0.717) is 5.75 Å². The zero-order valence-electron chi connectivity index (χ0n) is 18.2. The van der Waals surface area contributed by atoms with Crippen LogP contribution in [0, 0.1) is 5.92 Å². The van der Waals surface area contributed by atoms with Crippen LogP contribution in [0.3, 0.4) is 0 Å². The number of fused-ring (bicyclic) bond motifs is 1. The Kier molecular flexibility index (Phi) is 4.91. The number of nitrogens with zero attached hydrogens (tertiary/aromatic N) is 3. The number of phenolic OH excluding ortho intramolecular Hbond substituents is 1. The average molecular weight is 440 g/mol. The summed E-state index contributed by atoms with van der Waals surface area (Å²) in [4.78, 5) is 5.16. The molecule has 31 heavy (non-hydrogen) atoms. The molecule has 0 spiro atoms. The largest absolute Gasteiger partial charge is 0.508 e. The summed E-state index contributed by atoms with van der Waals surface area (Å²) < 4.78 is 4.48. The summed E-state index contributed by atoms with van der Waals surface area (Å²) >= 11 is 1.52. The van der Waals surface area contributed by atoms with E-state index in [0.717, 1.165) is 70.7 Å². The highest BCUT2D eigenvalue weighted by molar-refractivity contribution is 7.03. The summed E-state index contributed by atoms with van der Waals surface area (Å²) in [5.74, 6) is 1.16. The maximum absolute atomic E-state index is 12.5. The SMILES string of the molecule is Oc1ccc2c(c1)[C@@]13CCN(CCc4ccsn4)CC[C@@]1(O)[C@@H](C2)N(CC1CC1)CC3. The van der Waals surface area contributed by atoms with Crippen LogP contribution in [0.15, 0.2) is 29.6 Å². The van der Waals surface area contributed by atoms with Gasteiger partial charge in [-0.25, -0.2) is 0 Å². The molecule has 3 atom stereocenters. The molecule has 3 heterocycles. The molecule has 4 aliphatic rings. The fourth-order valence-corrected chi connectivity index (χ4v) is 7.34. The van der Waals surface area contributed by atoms with Gasteiger partial charge in [0.05, 0.1) is 11.3 Å². The standard InChI is InChI=1S/C25H33N3O2S/c29-21-4-3-19-15-23-25(30)9-12-27(10-5-20-6-14-31-26-20)11-7-24(25,22(19)16-21)8-13-28(23)17-18-1-2-18/h3-4,6,14,16,18,23,29-30H,1-2,5,7-13,15,17H2/t23-,24+,25-/m1/s1. The molecule has 6 rings (SSSR count). The van der Waals surface area contributed by atoms with E-state index in [1.54, 1.807) is 0 Å². The second kappa shape index (κ2) is 7.55. The van der Waals surface area contributed by atoms with E-state index < -0.39 is 5.60 Å². The van der Waals surface area contributed by atoms with Gasteiger partial charge in [0, 0.05) is 42.9 Å². The van der Waals surface area contributed by atoms with Crippen LogP contribution in [0.25, 0.3) is 0 Å². The van der Waals surface area contributed by atoms with Gasteiger partial charge in [0.15, 0.2) is 0 Å². The van der Waals surface area contributed by atoms with E-state index in [2.05, 4.69) is 31.7 Å². The Labute approximate surface area is 188 Å². The van der Waals surface area contributed by atoms with Crippen molar-refractivity contribution in [1.82, 2.24) is 14.2 Å². The lowest BCUT2D eigenvalue weighted by Gasteiger charge is -2.61. The molecule has 2 aliphatic heterocycles. The second-order valence-electron chi connectivity index (χ2n) is 10.3. The lowest BCUT2D eigenvalue weighted by atomic mass is 9.52. The maximum Gasteiger partial charge on any atom is 0.115 e. The number of hydrogen-bond acceptors (Lipinski definition) is 6. The van der Waals surface area contributed by atoms with Gasteiger partial charge in [0.2, 0.25) is 0 Å². The second-order valence-corrected chi connectivity index (χ2v) is 11.0. The molecule has 2 saturated heterocycles. The van der Waals surface area contributed by atoms with Gasteiger partial charge in [-0.15, -0.1) is 0 Å². The molecule has 1 saturated carbocycles. The van der Waals surface area contributed by atoms with E-state index in [1.165, 1.54) is 41.2 Å². The van der Waals surface area contributed by atoms with E-state index in [4.69, 9.17) is 0 Å². The Hall–Kier alpha value is -1.47. The topological polar surface area (TPSA) is 59.8 Å². The summed E-state index contributed by atoms with van der Waals surface area (Å²) in [5, 5.41) is 24.9. The molecule has 3 fully saturated rings. The molecule has 1 aromatic carbocycles. The Morgan fingerprint density at radius 1 is 1.10 bits per heavy atom. The first-order valence-electron chi connectivity index (χ1n) is 12.0. The van der Waals surface area contributed by atoms with Gasteiger partial charge in [-0.05, 0) is 98.4 Å². The fourth-order valence-electron chi connectivity index (χ4n) is 6.77. The van der Waals surface area contributed by atoms with Crippen molar-refractivity contribution >= 4 is 11.5 Å². The molecule has 0 unspecified atom stereocenters. The van der Waals surface area contributed by atoms with Crippen LogP contribution in [0.5, 0.6) is 5.75 Å². The summed E-state index contributed by atoms with van der Waals surface area (Å²) in [6, 6.07) is 8.23. The van der Waals surface area contributed by atoms with Crippen molar-refractivity contribution in [1.29, 1.82) is 0 Å². The van der Waals surface area contributed by atoms with Crippen molar-refractivity contribution in [3.05, 3.63) is 46.5 Å². The number of aliphatic hydroxyl groups is 1. The number of piperidine rings is 1. The molecule has 6 heteroatoms. The first-order chi connectivity index (χ1) is 15.1. The fraction of sp³-hybridized carbons (Fsp3) is 0.640. The Morgan fingerprint density at radius 3 is 2.74 bits per heavy atom. The number of rotatable bonds is 5. The van der Waals surface area contributed by atoms with Gasteiger partial charge in [-0.1, -0.05) is 6.07 Å². The summed E-state index contributed by atoms with van der Waals surface area (Å²) in [6.07, 6.45) is 7.34. The molecule has 2 aliphatic carbocycles. The normalized spacial score (nSPS) is 33.5. The third-order valence-corrected chi connectivity index (χ3v) is 9.30. The molecule has 2 bridgehead atoms. The van der Waals surface area contributed by atoms with Crippen molar-refractivity contribution in [3.63, 3.8) is 0 Å². The summed E-state index contributed by atoms with van der Waals surface area (Å²) in [6.45, 7) is 5.14. The molecule has 1 aromatic heterocycles. The van der Waals surface area contributed by atoms with E-state index >= 15 is 0 Å². The zero-order chi connectivity index (χ0) is 21.1. The van der Waals surface area contributed by atoms with Crippen molar-refractivity contribution in [2.45, 2.75) is 62.0 Å². The Morgan fingerprint density at radius 2 is 1.94 bits per heavy atom. The Bertz CT molecular complexity index is 946. The number of phenols is 1. The molecule has 166 valence electrons. The average Bonchev–Trinajstić information content (AvgIpc) is 3.46. The predicted octanol–water partition coefficient (Wildman–Crippen LogP) is 3.20. The van der Waals surface area contributed by atoms with Crippen LogP contribution >= 0.6 is 11.5 Å². The maximum atomic E-state index is 12.5. The van der Waals surface area contributed by atoms with Crippen molar-refractivity contribution in [3.8, 4) is 5.75 Å². The molecule has 2 N–H and O–H groups in total. The van der Waals surface area contributed by atoms with E-state index in [1.807, 2.05) is 12.1 Å². The third-order valence-electron chi connectivity index (χ3n) is 8.70. The van der Waals surface area contributed by atoms with E-state index in [-0.39, 0.29) is 11.5 Å². The molecule has 0 radical (unpaired) electrons. The smallest absolute Gasteiger partial charge is 0.115 e. The number of aromatic hydroxyl groups is 1. The Balaban J connectivity index is 1.33. The van der Waals surface area contributed by atoms with E-state index in [9.17, 15) is 10.2 Å². The van der Waals surface area contributed by atoms with Gasteiger partial charge in [-0.3, -0.25) is 4.90 Å². The number of benzene rings is 1. The summed E-state index contributed by atoms with van der Waals surface area (Å²) in [5.41, 5.74) is 2.76. The number of hydrogen-bond donors (Lipinski definition) is 2. The van der Waals surface area contributed by atoms with Crippen LogP contribution < -0.4 is 0 Å². The van der Waals surface area contributed by atoms with Crippen molar-refractivity contribution in [2.24, 2.45) is 5.92 Å². The number of aromatic nitrogens is 1. The monoisotopic (exact) mass is 439 g/mol. The molecule has 2 aromatic rings. The third kappa shape index (κ3) is 3.34. The van der Waals surface area contributed by atoms with Gasteiger partial charge >= 0.3 is 0 Å². The molecular formula is C25H33N3O2S. The molecular weight excluding hydrogens is 406 g/mol. The highest BCUT2D eigenvalue weighted by Crippen LogP contribution is 2.56. The predicted molar refractivity (Wildman–Crippen MR) is 123 cm³/mol. The highest BCUT2D eigenvalue weighted by atomic mass is 32.1. The minimum absolute atomic E-state index is 0.192. The number of likely N-dealkylation sites (tertiary alicyclic amines) is 2. The van der Waals surface area contributed by atoms with Crippen LogP contribution in [0.1, 0.15) is 48.9 Å². The minimum atomic E-state index is -0.726. The van der Waals surface area contributed by atoms with Crippen molar-refractivity contribution < 1.29 is 10.2 Å². The van der Waals surface area contributed by atoms with Gasteiger partial charge in [0.25, 0.3) is 0 Å². The first-order valence-corrected chi connectivity index (χ1v) is 12.8.